The monoisotopic (exact) mass is 326 g/mol. The molecule has 0 bridgehead atoms. The van der Waals surface area contributed by atoms with Crippen LogP contribution in [0.2, 0.25) is 0 Å². The van der Waals surface area contributed by atoms with Gasteiger partial charge in [-0.15, -0.1) is 0 Å². The van der Waals surface area contributed by atoms with Crippen molar-refractivity contribution in [3.63, 3.8) is 0 Å². The molecule has 1 aliphatic carbocycles. The molecule has 124 valence electrons. The van der Waals surface area contributed by atoms with Crippen LogP contribution in [0.3, 0.4) is 0 Å². The predicted molar refractivity (Wildman–Crippen MR) is 83.9 cm³/mol. The number of hydrogen-bond donors (Lipinski definition) is 1. The average molecular weight is 326 g/mol. The Labute approximate surface area is 139 Å². The van der Waals surface area contributed by atoms with Crippen LogP contribution in [0.15, 0.2) is 28.8 Å². The van der Waals surface area contributed by atoms with E-state index in [1.807, 2.05) is 31.2 Å². The molecule has 0 radical (unpaired) electrons. The highest BCUT2D eigenvalue weighted by atomic mass is 16.5. The summed E-state index contributed by atoms with van der Waals surface area (Å²) in [5, 5.41) is 6.75. The largest absolute Gasteiger partial charge is 0.337 e. The Hall–Kier alpha value is -2.70. The minimum atomic E-state index is -0.679. The van der Waals surface area contributed by atoms with Gasteiger partial charge in [-0.05, 0) is 37.3 Å². The Morgan fingerprint density at radius 3 is 2.75 bits per heavy atom. The van der Waals surface area contributed by atoms with Crippen molar-refractivity contribution in [2.24, 2.45) is 0 Å². The van der Waals surface area contributed by atoms with Crippen molar-refractivity contribution in [3.05, 3.63) is 47.1 Å². The van der Waals surface area contributed by atoms with E-state index in [2.05, 4.69) is 15.5 Å². The summed E-state index contributed by atoms with van der Waals surface area (Å²) in [4.78, 5) is 30.0. The van der Waals surface area contributed by atoms with Gasteiger partial charge in [-0.2, -0.15) is 4.98 Å². The molecule has 3 amide bonds. The van der Waals surface area contributed by atoms with Gasteiger partial charge in [0.2, 0.25) is 5.89 Å². The smallest absolute Gasteiger partial charge is 0.325 e. The van der Waals surface area contributed by atoms with Crippen LogP contribution in [0.1, 0.15) is 42.1 Å². The third-order valence-electron chi connectivity index (χ3n) is 4.87. The second-order valence-electron chi connectivity index (χ2n) is 6.46. The van der Waals surface area contributed by atoms with Gasteiger partial charge >= 0.3 is 6.03 Å². The zero-order valence-corrected chi connectivity index (χ0v) is 13.4. The second-order valence-corrected chi connectivity index (χ2v) is 6.46. The van der Waals surface area contributed by atoms with E-state index in [0.717, 1.165) is 17.5 Å². The van der Waals surface area contributed by atoms with Gasteiger partial charge in [0.05, 0.1) is 0 Å². The van der Waals surface area contributed by atoms with Crippen LogP contribution in [0.5, 0.6) is 0 Å². The number of benzene rings is 1. The molecule has 4 rings (SSSR count). The third kappa shape index (κ3) is 2.36. The fraction of sp³-hybridized carbons (Fsp3) is 0.412. The van der Waals surface area contributed by atoms with E-state index < -0.39 is 5.54 Å². The Bertz CT molecular complexity index is 810. The van der Waals surface area contributed by atoms with E-state index in [1.54, 1.807) is 0 Å². The number of nitrogens with one attached hydrogen (secondary N) is 1. The minimum Gasteiger partial charge on any atom is -0.337 e. The lowest BCUT2D eigenvalue weighted by molar-refractivity contribution is -0.134. The lowest BCUT2D eigenvalue weighted by Crippen LogP contribution is -2.52. The molecular weight excluding hydrogens is 308 g/mol. The first kappa shape index (κ1) is 14.9. The summed E-state index contributed by atoms with van der Waals surface area (Å²) >= 11 is 0. The molecule has 2 aliphatic rings. The number of urea groups is 1. The van der Waals surface area contributed by atoms with Gasteiger partial charge in [0, 0.05) is 6.42 Å². The highest BCUT2D eigenvalue weighted by Gasteiger charge is 2.54. The molecule has 2 fully saturated rings. The topological polar surface area (TPSA) is 88.3 Å². The highest BCUT2D eigenvalue weighted by molar-refractivity contribution is 6.07. The van der Waals surface area contributed by atoms with E-state index >= 15 is 0 Å². The van der Waals surface area contributed by atoms with E-state index in [4.69, 9.17) is 4.52 Å². The number of nitrogens with zero attached hydrogens (tertiary/aromatic N) is 3. The second kappa shape index (κ2) is 5.43. The van der Waals surface area contributed by atoms with Crippen LogP contribution in [-0.4, -0.2) is 32.5 Å². The third-order valence-corrected chi connectivity index (χ3v) is 4.87. The first-order valence-corrected chi connectivity index (χ1v) is 8.07. The molecule has 0 unspecified atom stereocenters. The van der Waals surface area contributed by atoms with Crippen molar-refractivity contribution in [3.8, 4) is 0 Å². The molecule has 7 heteroatoms. The molecule has 7 nitrogen and oxygen atoms in total. The summed E-state index contributed by atoms with van der Waals surface area (Å²) in [5.41, 5.74) is 1.60. The van der Waals surface area contributed by atoms with Crippen LogP contribution in [-0.2, 0) is 17.8 Å². The van der Waals surface area contributed by atoms with E-state index in [-0.39, 0.29) is 24.4 Å². The Kier molecular flexibility index (Phi) is 3.37. The molecule has 1 aromatic heterocycles. The van der Waals surface area contributed by atoms with Crippen molar-refractivity contribution >= 4 is 11.9 Å². The van der Waals surface area contributed by atoms with Crippen molar-refractivity contribution in [1.29, 1.82) is 0 Å². The summed E-state index contributed by atoms with van der Waals surface area (Å²) in [6.45, 7) is 2.05. The van der Waals surface area contributed by atoms with Crippen molar-refractivity contribution in [2.75, 3.05) is 0 Å². The number of hydrogen-bond acceptors (Lipinski definition) is 5. The molecule has 1 saturated carbocycles. The zero-order valence-electron chi connectivity index (χ0n) is 13.4. The maximum Gasteiger partial charge on any atom is 0.325 e. The number of carbonyl (C=O) groups is 2. The van der Waals surface area contributed by atoms with E-state index in [0.29, 0.717) is 25.1 Å². The fourth-order valence-corrected chi connectivity index (χ4v) is 3.23. The van der Waals surface area contributed by atoms with Gasteiger partial charge < -0.3 is 9.84 Å². The van der Waals surface area contributed by atoms with Gasteiger partial charge in [0.15, 0.2) is 5.82 Å². The van der Waals surface area contributed by atoms with Gasteiger partial charge in [-0.1, -0.05) is 29.4 Å². The van der Waals surface area contributed by atoms with Crippen LogP contribution in [0, 0.1) is 6.92 Å². The van der Waals surface area contributed by atoms with Gasteiger partial charge in [0.25, 0.3) is 5.91 Å². The van der Waals surface area contributed by atoms with Crippen LogP contribution in [0.25, 0.3) is 0 Å². The maximum atomic E-state index is 12.4. The van der Waals surface area contributed by atoms with E-state index in [9.17, 15) is 9.59 Å². The van der Waals surface area contributed by atoms with Crippen molar-refractivity contribution in [2.45, 2.75) is 44.7 Å². The normalized spacial score (nSPS) is 18.8. The number of carbonyl (C=O) groups excluding carboxylic acids is 2. The van der Waals surface area contributed by atoms with Crippen LogP contribution in [0.4, 0.5) is 4.79 Å². The van der Waals surface area contributed by atoms with Gasteiger partial charge in [0.1, 0.15) is 12.1 Å². The molecule has 1 aliphatic heterocycles. The summed E-state index contributed by atoms with van der Waals surface area (Å²) in [7, 11) is 0. The fourth-order valence-electron chi connectivity index (χ4n) is 3.23. The standard InChI is InChI=1S/C17H18N4O3/c1-11-5-2-3-6-12(11)9-13-18-14(24-20-13)10-21-15(22)17(7-4-8-17)19-16(21)23/h2-3,5-6H,4,7-10H2,1H3,(H,19,23). The van der Waals surface area contributed by atoms with Crippen LogP contribution < -0.4 is 5.32 Å². The SMILES string of the molecule is Cc1ccccc1Cc1noc(CN2C(=O)NC3(CCC3)C2=O)n1. The van der Waals surface area contributed by atoms with Crippen molar-refractivity contribution in [1.82, 2.24) is 20.4 Å². The summed E-state index contributed by atoms with van der Waals surface area (Å²) in [5.74, 6) is 0.639. The lowest BCUT2D eigenvalue weighted by atomic mass is 9.77. The van der Waals surface area contributed by atoms with Crippen molar-refractivity contribution < 1.29 is 14.1 Å². The number of imide groups is 1. The summed E-state index contributed by atoms with van der Waals surface area (Å²) in [6.07, 6.45) is 2.92. The minimum absolute atomic E-state index is 0.0210. The Morgan fingerprint density at radius 1 is 1.29 bits per heavy atom. The molecule has 1 N–H and O–H groups in total. The quantitative estimate of drug-likeness (QED) is 0.868. The van der Waals surface area contributed by atoms with Crippen LogP contribution >= 0.6 is 0 Å². The molecule has 2 aromatic rings. The molecule has 2 heterocycles. The maximum absolute atomic E-state index is 12.4. The summed E-state index contributed by atoms with van der Waals surface area (Å²) < 4.78 is 5.22. The molecule has 1 saturated heterocycles. The predicted octanol–water partition coefficient (Wildman–Crippen LogP) is 1.94. The van der Waals surface area contributed by atoms with E-state index in [1.165, 1.54) is 4.90 Å². The average Bonchev–Trinajstić information content (AvgIpc) is 3.07. The number of rotatable bonds is 4. The summed E-state index contributed by atoms with van der Waals surface area (Å²) in [6, 6.07) is 7.62. The first-order valence-electron chi connectivity index (χ1n) is 8.07. The lowest BCUT2D eigenvalue weighted by Gasteiger charge is -2.34. The molecular formula is C17H18N4O3. The Balaban J connectivity index is 1.47. The molecule has 1 aromatic carbocycles. The Morgan fingerprint density at radius 2 is 2.08 bits per heavy atom. The molecule has 24 heavy (non-hydrogen) atoms. The number of amides is 3. The van der Waals surface area contributed by atoms with Gasteiger partial charge in [-0.3, -0.25) is 9.69 Å². The number of aromatic nitrogens is 2. The molecule has 1 spiro atoms. The zero-order chi connectivity index (χ0) is 16.7. The first-order chi connectivity index (χ1) is 11.6. The van der Waals surface area contributed by atoms with Gasteiger partial charge in [-0.25, -0.2) is 4.79 Å². The molecule has 0 atom stereocenters. The number of aryl methyl sites for hydroxylation is 1. The highest BCUT2D eigenvalue weighted by Crippen LogP contribution is 2.37.